The van der Waals surface area contributed by atoms with Gasteiger partial charge >= 0.3 is 5.97 Å². The lowest BCUT2D eigenvalue weighted by atomic mass is 10.0. The largest absolute Gasteiger partial charge is 0.466 e. The van der Waals surface area contributed by atoms with Crippen LogP contribution in [0.2, 0.25) is 0 Å². The summed E-state index contributed by atoms with van der Waals surface area (Å²) in [6, 6.07) is -0.674. The molecule has 0 aliphatic rings. The second-order valence-electron chi connectivity index (χ2n) is 19.3. The Morgan fingerprint density at radius 1 is 0.431 bits per heavy atom. The van der Waals surface area contributed by atoms with Gasteiger partial charge in [-0.3, -0.25) is 9.59 Å². The molecule has 0 saturated heterocycles. The molecule has 0 rings (SSSR count). The Kier molecular flexibility index (Phi) is 52.6. The molecule has 6 heteroatoms. The lowest BCUT2D eigenvalue weighted by Gasteiger charge is -2.19. The van der Waals surface area contributed by atoms with E-state index in [9.17, 15) is 19.8 Å². The van der Waals surface area contributed by atoms with Gasteiger partial charge in [0.05, 0.1) is 25.4 Å². The van der Waals surface area contributed by atoms with Gasteiger partial charge in [0.2, 0.25) is 5.91 Å². The van der Waals surface area contributed by atoms with Crippen LogP contribution in [0.15, 0.2) is 48.6 Å². The molecule has 0 aliphatic carbocycles. The van der Waals surface area contributed by atoms with Gasteiger partial charge in [-0.2, -0.15) is 0 Å². The third-order valence-electron chi connectivity index (χ3n) is 12.8. The predicted octanol–water partition coefficient (Wildman–Crippen LogP) is 17.4. The molecule has 2 unspecified atom stereocenters. The molecular weight excluding hydrogens is 803 g/mol. The van der Waals surface area contributed by atoms with E-state index in [-0.39, 0.29) is 18.5 Å². The van der Waals surface area contributed by atoms with Crippen molar-refractivity contribution in [2.45, 2.75) is 302 Å². The molecule has 0 spiro atoms. The Hall–Kier alpha value is -2.18. The smallest absolute Gasteiger partial charge is 0.305 e. The van der Waals surface area contributed by atoms with Crippen molar-refractivity contribution in [3.63, 3.8) is 0 Å². The SMILES string of the molecule is CCCC/C=C\CCCCCCCC(=O)OCCCCCCCC/C=C\C/C=C\CCC(=O)NC(CO)C(O)/C=C/CCCCCCCCCCCCCCCCCCCCCCCC. The number of carbonyl (C=O) groups is 2. The monoisotopic (exact) mass is 912 g/mol. The van der Waals surface area contributed by atoms with Gasteiger partial charge in [-0.05, 0) is 70.6 Å². The minimum atomic E-state index is -0.881. The molecule has 0 saturated carbocycles. The highest BCUT2D eigenvalue weighted by atomic mass is 16.5. The lowest BCUT2D eigenvalue weighted by Crippen LogP contribution is -2.45. The summed E-state index contributed by atoms with van der Waals surface area (Å²) in [5.41, 5.74) is 0. The Balaban J connectivity index is 3.58. The van der Waals surface area contributed by atoms with E-state index in [1.807, 2.05) is 12.2 Å². The third-order valence-corrected chi connectivity index (χ3v) is 12.8. The Morgan fingerprint density at radius 3 is 1.26 bits per heavy atom. The summed E-state index contributed by atoms with van der Waals surface area (Å²) >= 11 is 0. The first kappa shape index (κ1) is 62.8. The number of esters is 1. The number of hydrogen-bond donors (Lipinski definition) is 3. The number of carbonyl (C=O) groups excluding carboxylic acids is 2. The maximum Gasteiger partial charge on any atom is 0.305 e. The minimum absolute atomic E-state index is 0.0298. The minimum Gasteiger partial charge on any atom is -0.466 e. The zero-order chi connectivity index (χ0) is 47.2. The van der Waals surface area contributed by atoms with Gasteiger partial charge in [0.1, 0.15) is 0 Å². The van der Waals surface area contributed by atoms with Gasteiger partial charge in [-0.25, -0.2) is 0 Å². The van der Waals surface area contributed by atoms with Crippen LogP contribution in [0.1, 0.15) is 290 Å². The Bertz CT molecular complexity index is 1100. The van der Waals surface area contributed by atoms with Crippen LogP contribution in [0.4, 0.5) is 0 Å². The predicted molar refractivity (Wildman–Crippen MR) is 282 cm³/mol. The van der Waals surface area contributed by atoms with E-state index in [1.54, 1.807) is 6.08 Å². The summed E-state index contributed by atoms with van der Waals surface area (Å²) in [7, 11) is 0. The van der Waals surface area contributed by atoms with Gasteiger partial charge in [-0.15, -0.1) is 0 Å². The van der Waals surface area contributed by atoms with E-state index >= 15 is 0 Å². The Morgan fingerprint density at radius 2 is 0.800 bits per heavy atom. The fourth-order valence-corrected chi connectivity index (χ4v) is 8.43. The maximum absolute atomic E-state index is 12.4. The van der Waals surface area contributed by atoms with E-state index in [0.29, 0.717) is 25.9 Å². The van der Waals surface area contributed by atoms with Gasteiger partial charge in [0.25, 0.3) is 0 Å². The van der Waals surface area contributed by atoms with Crippen molar-refractivity contribution in [2.24, 2.45) is 0 Å². The third kappa shape index (κ3) is 51.1. The first-order valence-electron chi connectivity index (χ1n) is 28.4. The van der Waals surface area contributed by atoms with Crippen LogP contribution in [-0.4, -0.2) is 47.4 Å². The summed E-state index contributed by atoms with van der Waals surface area (Å²) < 4.78 is 5.43. The quantitative estimate of drug-likeness (QED) is 0.0321. The fraction of sp³-hybridized carbons (Fsp3) is 0.831. The number of nitrogens with one attached hydrogen (secondary N) is 1. The summed E-state index contributed by atoms with van der Waals surface area (Å²) in [5, 5.41) is 23.1. The standard InChI is InChI=1S/C59H109NO5/c1-3-5-7-9-11-13-15-16-17-18-19-20-21-22-23-24-25-26-28-32-35-39-43-47-51-57(62)56(55-61)60-58(63)52-48-44-40-36-33-29-27-30-34-38-42-46-50-54-65-59(64)53-49-45-41-37-31-14-12-10-8-6-4-2/h10,12,29,33,40,44,47,51,56-57,61-62H,3-9,11,13-28,30-32,34-39,41-43,45-46,48-50,52-55H2,1-2H3,(H,60,63)/b12-10-,33-29-,44-40-,51-47+. The number of aliphatic hydroxyl groups excluding tert-OH is 2. The molecule has 0 heterocycles. The topological polar surface area (TPSA) is 95.9 Å². The van der Waals surface area contributed by atoms with E-state index in [2.05, 4.69) is 49.5 Å². The van der Waals surface area contributed by atoms with Crippen molar-refractivity contribution in [3.05, 3.63) is 48.6 Å². The van der Waals surface area contributed by atoms with Crippen molar-refractivity contribution >= 4 is 11.9 Å². The summed E-state index contributed by atoms with van der Waals surface area (Å²) in [5.74, 6) is -0.177. The normalized spacial score (nSPS) is 13.0. The Labute approximate surface area is 404 Å². The molecule has 2 atom stereocenters. The van der Waals surface area contributed by atoms with Crippen LogP contribution in [-0.2, 0) is 14.3 Å². The highest BCUT2D eigenvalue weighted by Gasteiger charge is 2.17. The number of rotatable bonds is 52. The van der Waals surface area contributed by atoms with Gasteiger partial charge < -0.3 is 20.3 Å². The van der Waals surface area contributed by atoms with Gasteiger partial charge in [0.15, 0.2) is 0 Å². The molecule has 0 aromatic rings. The molecule has 0 aromatic carbocycles. The molecule has 65 heavy (non-hydrogen) atoms. The average Bonchev–Trinajstić information content (AvgIpc) is 3.31. The van der Waals surface area contributed by atoms with Crippen LogP contribution >= 0.6 is 0 Å². The zero-order valence-corrected chi connectivity index (χ0v) is 43.2. The molecule has 0 radical (unpaired) electrons. The first-order chi connectivity index (χ1) is 32.0. The number of aliphatic hydroxyl groups is 2. The first-order valence-corrected chi connectivity index (χ1v) is 28.4. The van der Waals surface area contributed by atoms with Crippen molar-refractivity contribution in [3.8, 4) is 0 Å². The summed E-state index contributed by atoms with van der Waals surface area (Å²) in [6.07, 6.45) is 68.6. The second kappa shape index (κ2) is 54.4. The molecule has 0 aromatic heterocycles. The van der Waals surface area contributed by atoms with Crippen LogP contribution in [0.5, 0.6) is 0 Å². The second-order valence-corrected chi connectivity index (χ2v) is 19.3. The lowest BCUT2D eigenvalue weighted by molar-refractivity contribution is -0.143. The highest BCUT2D eigenvalue weighted by molar-refractivity contribution is 5.76. The number of allylic oxidation sites excluding steroid dienone is 7. The number of ether oxygens (including phenoxy) is 1. The highest BCUT2D eigenvalue weighted by Crippen LogP contribution is 2.16. The average molecular weight is 913 g/mol. The molecule has 6 nitrogen and oxygen atoms in total. The van der Waals surface area contributed by atoms with E-state index in [0.717, 1.165) is 51.4 Å². The molecule has 380 valence electrons. The molecule has 3 N–H and O–H groups in total. The molecule has 1 amide bonds. The van der Waals surface area contributed by atoms with Crippen molar-refractivity contribution in [1.82, 2.24) is 5.32 Å². The van der Waals surface area contributed by atoms with E-state index < -0.39 is 12.1 Å². The van der Waals surface area contributed by atoms with E-state index in [1.165, 1.54) is 205 Å². The van der Waals surface area contributed by atoms with Gasteiger partial charge in [-0.1, -0.05) is 255 Å². The van der Waals surface area contributed by atoms with Crippen LogP contribution in [0.3, 0.4) is 0 Å². The number of unbranched alkanes of at least 4 members (excludes halogenated alkanes) is 35. The molecule has 0 fully saturated rings. The summed E-state index contributed by atoms with van der Waals surface area (Å²) in [4.78, 5) is 24.4. The van der Waals surface area contributed by atoms with Crippen LogP contribution < -0.4 is 5.32 Å². The van der Waals surface area contributed by atoms with Crippen LogP contribution in [0, 0.1) is 0 Å². The molecule has 0 aliphatic heterocycles. The zero-order valence-electron chi connectivity index (χ0n) is 43.2. The van der Waals surface area contributed by atoms with Crippen molar-refractivity contribution in [2.75, 3.05) is 13.2 Å². The number of amides is 1. The molecule has 0 bridgehead atoms. The fourth-order valence-electron chi connectivity index (χ4n) is 8.43. The molecular formula is C59H109NO5. The maximum atomic E-state index is 12.4. The van der Waals surface area contributed by atoms with Crippen molar-refractivity contribution < 1.29 is 24.5 Å². The van der Waals surface area contributed by atoms with Crippen LogP contribution in [0.25, 0.3) is 0 Å². The van der Waals surface area contributed by atoms with Gasteiger partial charge in [0, 0.05) is 12.8 Å². The van der Waals surface area contributed by atoms with E-state index in [4.69, 9.17) is 4.74 Å². The summed E-state index contributed by atoms with van der Waals surface area (Å²) in [6.45, 7) is 4.80. The van der Waals surface area contributed by atoms with Crippen molar-refractivity contribution in [1.29, 1.82) is 0 Å². The number of hydrogen-bond acceptors (Lipinski definition) is 5.